The minimum atomic E-state index is -0.186. The number of halogens is 1. The van der Waals surface area contributed by atoms with Crippen molar-refractivity contribution in [3.63, 3.8) is 0 Å². The van der Waals surface area contributed by atoms with Gasteiger partial charge in [0.2, 0.25) is 0 Å². The lowest BCUT2D eigenvalue weighted by Gasteiger charge is -2.22. The summed E-state index contributed by atoms with van der Waals surface area (Å²) in [7, 11) is 1.51. The van der Waals surface area contributed by atoms with Crippen LogP contribution in [0, 0.1) is 0 Å². The van der Waals surface area contributed by atoms with Crippen molar-refractivity contribution in [2.75, 3.05) is 20.2 Å². The molecule has 2 N–H and O–H groups in total. The van der Waals surface area contributed by atoms with Crippen LogP contribution < -0.4 is 10.5 Å². The van der Waals surface area contributed by atoms with Crippen LogP contribution >= 0.6 is 23.8 Å². The SMILES string of the molecule is CCCN(CC(N)=S)C(=O)c1cc(Cl)ccc1OC. The van der Waals surface area contributed by atoms with Gasteiger partial charge in [-0.15, -0.1) is 0 Å². The van der Waals surface area contributed by atoms with E-state index >= 15 is 0 Å². The van der Waals surface area contributed by atoms with Gasteiger partial charge in [-0.05, 0) is 24.6 Å². The molecule has 1 amide bonds. The number of hydrogen-bond donors (Lipinski definition) is 1. The Balaban J connectivity index is 3.07. The Morgan fingerprint density at radius 2 is 2.21 bits per heavy atom. The monoisotopic (exact) mass is 300 g/mol. The molecule has 0 atom stereocenters. The first-order valence-corrected chi connectivity index (χ1v) is 6.69. The number of hydrogen-bond acceptors (Lipinski definition) is 3. The number of benzene rings is 1. The summed E-state index contributed by atoms with van der Waals surface area (Å²) < 4.78 is 5.18. The van der Waals surface area contributed by atoms with E-state index in [0.717, 1.165) is 6.42 Å². The highest BCUT2D eigenvalue weighted by Crippen LogP contribution is 2.24. The van der Waals surface area contributed by atoms with Crippen molar-refractivity contribution in [1.29, 1.82) is 0 Å². The average Bonchev–Trinajstić information content (AvgIpc) is 2.37. The minimum Gasteiger partial charge on any atom is -0.496 e. The Morgan fingerprint density at radius 1 is 1.53 bits per heavy atom. The summed E-state index contributed by atoms with van der Waals surface area (Å²) in [6.07, 6.45) is 0.817. The van der Waals surface area contributed by atoms with Gasteiger partial charge in [-0.3, -0.25) is 4.79 Å². The van der Waals surface area contributed by atoms with Gasteiger partial charge in [-0.25, -0.2) is 0 Å². The average molecular weight is 301 g/mol. The smallest absolute Gasteiger partial charge is 0.258 e. The topological polar surface area (TPSA) is 55.6 Å². The molecule has 4 nitrogen and oxygen atoms in total. The molecule has 0 radical (unpaired) electrons. The molecule has 19 heavy (non-hydrogen) atoms. The van der Waals surface area contributed by atoms with Gasteiger partial charge in [0.1, 0.15) is 5.75 Å². The van der Waals surface area contributed by atoms with Gasteiger partial charge in [-0.1, -0.05) is 30.7 Å². The van der Waals surface area contributed by atoms with Crippen molar-refractivity contribution < 1.29 is 9.53 Å². The van der Waals surface area contributed by atoms with Gasteiger partial charge in [0, 0.05) is 11.6 Å². The summed E-state index contributed by atoms with van der Waals surface area (Å²) in [6, 6.07) is 4.93. The van der Waals surface area contributed by atoms with E-state index in [2.05, 4.69) is 0 Å². The second kappa shape index (κ2) is 7.31. The Kier molecular flexibility index (Phi) is 6.05. The molecule has 0 spiro atoms. The molecular formula is C13H17ClN2O2S. The van der Waals surface area contributed by atoms with Crippen LogP contribution in [0.1, 0.15) is 23.7 Å². The molecular weight excluding hydrogens is 284 g/mol. The first-order valence-electron chi connectivity index (χ1n) is 5.90. The maximum absolute atomic E-state index is 12.5. The van der Waals surface area contributed by atoms with Gasteiger partial charge in [0.25, 0.3) is 5.91 Å². The van der Waals surface area contributed by atoms with Gasteiger partial charge < -0.3 is 15.4 Å². The molecule has 0 unspecified atom stereocenters. The van der Waals surface area contributed by atoms with Crippen LogP contribution in [-0.2, 0) is 0 Å². The molecule has 0 aliphatic rings. The highest BCUT2D eigenvalue weighted by Gasteiger charge is 2.20. The third-order valence-corrected chi connectivity index (χ3v) is 2.88. The largest absolute Gasteiger partial charge is 0.496 e. The zero-order valence-electron chi connectivity index (χ0n) is 11.0. The molecule has 1 aromatic rings. The van der Waals surface area contributed by atoms with E-state index in [-0.39, 0.29) is 17.4 Å². The number of thiocarbonyl (C=S) groups is 1. The van der Waals surface area contributed by atoms with Crippen LogP contribution in [0.4, 0.5) is 0 Å². The van der Waals surface area contributed by atoms with Crippen LogP contribution in [0.3, 0.4) is 0 Å². The number of ether oxygens (including phenoxy) is 1. The minimum absolute atomic E-state index is 0.186. The zero-order chi connectivity index (χ0) is 14.4. The lowest BCUT2D eigenvalue weighted by Crippen LogP contribution is -2.38. The van der Waals surface area contributed by atoms with E-state index in [9.17, 15) is 4.79 Å². The highest BCUT2D eigenvalue weighted by atomic mass is 35.5. The lowest BCUT2D eigenvalue weighted by molar-refractivity contribution is 0.0776. The van der Waals surface area contributed by atoms with E-state index < -0.39 is 0 Å². The van der Waals surface area contributed by atoms with Crippen LogP contribution in [0.25, 0.3) is 0 Å². The second-order valence-electron chi connectivity index (χ2n) is 4.04. The fraction of sp³-hybridized carbons (Fsp3) is 0.385. The van der Waals surface area contributed by atoms with Crippen LogP contribution in [0.5, 0.6) is 5.75 Å². The third-order valence-electron chi connectivity index (χ3n) is 2.52. The normalized spacial score (nSPS) is 10.1. The van der Waals surface area contributed by atoms with E-state index in [4.69, 9.17) is 34.3 Å². The predicted octanol–water partition coefficient (Wildman–Crippen LogP) is 2.49. The summed E-state index contributed by atoms with van der Waals surface area (Å²) in [5, 5.41) is 0.482. The molecule has 0 fully saturated rings. The Morgan fingerprint density at radius 3 is 2.74 bits per heavy atom. The summed E-state index contributed by atoms with van der Waals surface area (Å²) in [5.74, 6) is 0.299. The molecule has 0 saturated heterocycles. The molecule has 1 rings (SSSR count). The number of rotatable bonds is 6. The molecule has 0 heterocycles. The second-order valence-corrected chi connectivity index (χ2v) is 5.00. The molecule has 0 aliphatic carbocycles. The number of nitrogens with zero attached hydrogens (tertiary/aromatic N) is 1. The van der Waals surface area contributed by atoms with Crippen molar-refractivity contribution in [2.45, 2.75) is 13.3 Å². The highest BCUT2D eigenvalue weighted by molar-refractivity contribution is 7.80. The van der Waals surface area contributed by atoms with Gasteiger partial charge >= 0.3 is 0 Å². The fourth-order valence-electron chi connectivity index (χ4n) is 1.73. The standard InChI is InChI=1S/C13H17ClN2O2S/c1-3-6-16(8-12(15)19)13(17)10-7-9(14)4-5-11(10)18-2/h4-5,7H,3,6,8H2,1-2H3,(H2,15,19). The Labute approximate surface area is 123 Å². The molecule has 104 valence electrons. The zero-order valence-corrected chi connectivity index (χ0v) is 12.6. The van der Waals surface area contributed by atoms with E-state index in [0.29, 0.717) is 22.9 Å². The Bertz CT molecular complexity index is 480. The molecule has 6 heteroatoms. The number of methoxy groups -OCH3 is 1. The maximum atomic E-state index is 12.5. The molecule has 0 bridgehead atoms. The predicted molar refractivity (Wildman–Crippen MR) is 81.0 cm³/mol. The van der Waals surface area contributed by atoms with Crippen molar-refractivity contribution in [2.24, 2.45) is 5.73 Å². The van der Waals surface area contributed by atoms with Crippen molar-refractivity contribution in [1.82, 2.24) is 4.90 Å². The van der Waals surface area contributed by atoms with E-state index in [1.54, 1.807) is 23.1 Å². The van der Waals surface area contributed by atoms with Crippen LogP contribution in [-0.4, -0.2) is 36.0 Å². The fourth-order valence-corrected chi connectivity index (χ4v) is 2.06. The summed E-state index contributed by atoms with van der Waals surface area (Å²) in [6.45, 7) is 2.80. The number of amides is 1. The number of carbonyl (C=O) groups excluding carboxylic acids is 1. The number of nitrogens with two attached hydrogens (primary N) is 1. The van der Waals surface area contributed by atoms with Gasteiger partial charge in [0.15, 0.2) is 0 Å². The Hall–Kier alpha value is -1.33. The molecule has 0 aromatic heterocycles. The van der Waals surface area contributed by atoms with E-state index in [1.165, 1.54) is 7.11 Å². The number of carbonyl (C=O) groups is 1. The first kappa shape index (κ1) is 15.7. The van der Waals surface area contributed by atoms with Gasteiger partial charge in [-0.2, -0.15) is 0 Å². The molecule has 0 aliphatic heterocycles. The molecule has 1 aromatic carbocycles. The summed E-state index contributed by atoms with van der Waals surface area (Å²) in [4.78, 5) is 14.3. The van der Waals surface area contributed by atoms with Crippen molar-refractivity contribution in [3.8, 4) is 5.75 Å². The summed E-state index contributed by atoms with van der Waals surface area (Å²) in [5.41, 5.74) is 5.94. The van der Waals surface area contributed by atoms with Crippen molar-refractivity contribution in [3.05, 3.63) is 28.8 Å². The summed E-state index contributed by atoms with van der Waals surface area (Å²) >= 11 is 10.8. The van der Waals surface area contributed by atoms with Crippen molar-refractivity contribution >= 4 is 34.7 Å². The van der Waals surface area contributed by atoms with Crippen LogP contribution in [0.15, 0.2) is 18.2 Å². The first-order chi connectivity index (χ1) is 8.99. The van der Waals surface area contributed by atoms with Crippen LogP contribution in [0.2, 0.25) is 5.02 Å². The van der Waals surface area contributed by atoms with Gasteiger partial charge in [0.05, 0.1) is 24.2 Å². The quantitative estimate of drug-likeness (QED) is 0.820. The lowest BCUT2D eigenvalue weighted by atomic mass is 10.1. The maximum Gasteiger partial charge on any atom is 0.258 e. The third kappa shape index (κ3) is 4.36. The van der Waals surface area contributed by atoms with E-state index in [1.807, 2.05) is 6.92 Å². The molecule has 0 saturated carbocycles.